The van der Waals surface area contributed by atoms with E-state index in [9.17, 15) is 9.18 Å². The lowest BCUT2D eigenvalue weighted by Crippen LogP contribution is -2.37. The first kappa shape index (κ1) is 17.7. The standard InChI is InChI=1S/C20H20FN3O2/c1-24(13-15-5-3-2-4-6-15)20(25)22-12-11-18-14-26-19(23-18)16-7-9-17(21)10-8-16/h2-10,14H,11-13H2,1H3,(H,22,25). The molecule has 1 N–H and O–H groups in total. The first-order valence-corrected chi connectivity index (χ1v) is 8.35. The molecule has 134 valence electrons. The highest BCUT2D eigenvalue weighted by Gasteiger charge is 2.10. The van der Waals surface area contributed by atoms with Gasteiger partial charge in [0.1, 0.15) is 12.1 Å². The van der Waals surface area contributed by atoms with Crippen molar-refractivity contribution in [3.8, 4) is 11.5 Å². The highest BCUT2D eigenvalue weighted by molar-refractivity contribution is 5.73. The molecule has 2 amide bonds. The molecule has 0 saturated heterocycles. The Balaban J connectivity index is 1.47. The number of aromatic nitrogens is 1. The van der Waals surface area contributed by atoms with Crippen molar-refractivity contribution in [3.63, 3.8) is 0 Å². The van der Waals surface area contributed by atoms with Gasteiger partial charge in [0.15, 0.2) is 0 Å². The number of nitrogens with one attached hydrogen (secondary N) is 1. The van der Waals surface area contributed by atoms with Gasteiger partial charge >= 0.3 is 6.03 Å². The predicted octanol–water partition coefficient (Wildman–Crippen LogP) is 3.86. The van der Waals surface area contributed by atoms with Gasteiger partial charge < -0.3 is 14.6 Å². The van der Waals surface area contributed by atoms with Crippen LogP contribution in [-0.4, -0.2) is 29.5 Å². The molecule has 2 aromatic carbocycles. The molecule has 0 fully saturated rings. The van der Waals surface area contributed by atoms with E-state index in [-0.39, 0.29) is 11.8 Å². The third kappa shape index (κ3) is 4.69. The summed E-state index contributed by atoms with van der Waals surface area (Å²) in [7, 11) is 1.76. The highest BCUT2D eigenvalue weighted by Crippen LogP contribution is 2.19. The van der Waals surface area contributed by atoms with Crippen molar-refractivity contribution in [1.29, 1.82) is 0 Å². The summed E-state index contributed by atoms with van der Waals surface area (Å²) in [5, 5.41) is 2.86. The molecule has 0 radical (unpaired) electrons. The van der Waals surface area contributed by atoms with E-state index in [2.05, 4.69) is 10.3 Å². The third-order valence-corrected chi connectivity index (χ3v) is 3.91. The number of rotatable bonds is 6. The number of urea groups is 1. The van der Waals surface area contributed by atoms with Crippen molar-refractivity contribution < 1.29 is 13.6 Å². The van der Waals surface area contributed by atoms with Gasteiger partial charge in [-0.2, -0.15) is 0 Å². The molecule has 5 nitrogen and oxygen atoms in total. The summed E-state index contributed by atoms with van der Waals surface area (Å²) in [6, 6.07) is 15.6. The minimum Gasteiger partial charge on any atom is -0.444 e. The van der Waals surface area contributed by atoms with Crippen LogP contribution in [0.15, 0.2) is 65.3 Å². The van der Waals surface area contributed by atoms with E-state index < -0.39 is 0 Å². The number of oxazole rings is 1. The Labute approximate surface area is 151 Å². The second kappa shape index (κ2) is 8.29. The average Bonchev–Trinajstić information content (AvgIpc) is 3.12. The topological polar surface area (TPSA) is 58.4 Å². The van der Waals surface area contributed by atoms with Gasteiger partial charge in [0.05, 0.1) is 5.69 Å². The van der Waals surface area contributed by atoms with E-state index in [1.807, 2.05) is 30.3 Å². The molecule has 0 aliphatic carbocycles. The fourth-order valence-electron chi connectivity index (χ4n) is 2.51. The van der Waals surface area contributed by atoms with Crippen LogP contribution in [0.1, 0.15) is 11.3 Å². The molecule has 3 aromatic rings. The number of amides is 2. The van der Waals surface area contributed by atoms with Gasteiger partial charge in [0, 0.05) is 32.1 Å². The SMILES string of the molecule is CN(Cc1ccccc1)C(=O)NCCc1coc(-c2ccc(F)cc2)n1. The molecular weight excluding hydrogens is 333 g/mol. The fourth-order valence-corrected chi connectivity index (χ4v) is 2.51. The summed E-state index contributed by atoms with van der Waals surface area (Å²) >= 11 is 0. The Kier molecular flexibility index (Phi) is 5.63. The molecule has 0 saturated carbocycles. The van der Waals surface area contributed by atoms with Crippen molar-refractivity contribution in [3.05, 3.63) is 77.9 Å². The van der Waals surface area contributed by atoms with Crippen LogP contribution in [-0.2, 0) is 13.0 Å². The number of carbonyl (C=O) groups is 1. The van der Waals surface area contributed by atoms with Crippen molar-refractivity contribution in [2.75, 3.05) is 13.6 Å². The minimum atomic E-state index is -0.303. The molecule has 1 aromatic heterocycles. The molecule has 0 unspecified atom stereocenters. The van der Waals surface area contributed by atoms with E-state index in [0.29, 0.717) is 31.0 Å². The lowest BCUT2D eigenvalue weighted by atomic mass is 10.2. The number of nitrogens with zero attached hydrogens (tertiary/aromatic N) is 2. The monoisotopic (exact) mass is 353 g/mol. The van der Waals surface area contributed by atoms with Crippen LogP contribution in [0.5, 0.6) is 0 Å². The van der Waals surface area contributed by atoms with Gasteiger partial charge in [0.2, 0.25) is 5.89 Å². The maximum Gasteiger partial charge on any atom is 0.317 e. The van der Waals surface area contributed by atoms with E-state index in [4.69, 9.17) is 4.42 Å². The van der Waals surface area contributed by atoms with Crippen molar-refractivity contribution in [1.82, 2.24) is 15.2 Å². The van der Waals surface area contributed by atoms with Crippen LogP contribution in [0.2, 0.25) is 0 Å². The normalized spacial score (nSPS) is 10.5. The van der Waals surface area contributed by atoms with E-state index in [1.165, 1.54) is 12.1 Å². The van der Waals surface area contributed by atoms with Gasteiger partial charge in [-0.05, 0) is 29.8 Å². The van der Waals surface area contributed by atoms with Crippen LogP contribution in [0.3, 0.4) is 0 Å². The predicted molar refractivity (Wildman–Crippen MR) is 96.9 cm³/mol. The molecule has 1 heterocycles. The minimum absolute atomic E-state index is 0.142. The number of halogens is 1. The van der Waals surface area contributed by atoms with Gasteiger partial charge in [-0.3, -0.25) is 0 Å². The highest BCUT2D eigenvalue weighted by atomic mass is 19.1. The zero-order chi connectivity index (χ0) is 18.4. The smallest absolute Gasteiger partial charge is 0.317 e. The van der Waals surface area contributed by atoms with Crippen molar-refractivity contribution in [2.24, 2.45) is 0 Å². The van der Waals surface area contributed by atoms with Crippen LogP contribution < -0.4 is 5.32 Å². The van der Waals surface area contributed by atoms with Crippen LogP contribution in [0, 0.1) is 5.82 Å². The number of hydrogen-bond donors (Lipinski definition) is 1. The molecule has 0 aliphatic heterocycles. The van der Waals surface area contributed by atoms with E-state index in [1.54, 1.807) is 30.3 Å². The first-order valence-electron chi connectivity index (χ1n) is 8.35. The zero-order valence-electron chi connectivity index (χ0n) is 14.5. The van der Waals surface area contributed by atoms with Crippen LogP contribution in [0.25, 0.3) is 11.5 Å². The van der Waals surface area contributed by atoms with E-state index in [0.717, 1.165) is 11.3 Å². The summed E-state index contributed by atoms with van der Waals surface area (Å²) in [5.74, 6) is 0.135. The summed E-state index contributed by atoms with van der Waals surface area (Å²) < 4.78 is 18.4. The van der Waals surface area contributed by atoms with Gasteiger partial charge in [-0.25, -0.2) is 14.2 Å². The number of benzene rings is 2. The molecule has 3 rings (SSSR count). The second-order valence-corrected chi connectivity index (χ2v) is 5.97. The third-order valence-electron chi connectivity index (χ3n) is 3.91. The Hall–Kier alpha value is -3.15. The Bertz CT molecular complexity index is 847. The lowest BCUT2D eigenvalue weighted by Gasteiger charge is -2.17. The van der Waals surface area contributed by atoms with Gasteiger partial charge in [-0.15, -0.1) is 0 Å². The molecular formula is C20H20FN3O2. The fraction of sp³-hybridized carbons (Fsp3) is 0.200. The van der Waals surface area contributed by atoms with E-state index >= 15 is 0 Å². The van der Waals surface area contributed by atoms with Crippen LogP contribution >= 0.6 is 0 Å². The summed E-state index contributed by atoms with van der Waals surface area (Å²) in [4.78, 5) is 18.1. The Morgan fingerprint density at radius 3 is 2.62 bits per heavy atom. The molecule has 0 atom stereocenters. The van der Waals surface area contributed by atoms with Crippen molar-refractivity contribution in [2.45, 2.75) is 13.0 Å². The average molecular weight is 353 g/mol. The lowest BCUT2D eigenvalue weighted by molar-refractivity contribution is 0.207. The van der Waals surface area contributed by atoms with Crippen LogP contribution in [0.4, 0.5) is 9.18 Å². The quantitative estimate of drug-likeness (QED) is 0.732. The maximum atomic E-state index is 13.0. The maximum absolute atomic E-state index is 13.0. The molecule has 0 aliphatic rings. The number of carbonyl (C=O) groups excluding carboxylic acids is 1. The number of hydrogen-bond acceptors (Lipinski definition) is 3. The molecule has 6 heteroatoms. The Morgan fingerprint density at radius 2 is 1.88 bits per heavy atom. The summed E-state index contributed by atoms with van der Waals surface area (Å²) in [5.41, 5.74) is 2.52. The summed E-state index contributed by atoms with van der Waals surface area (Å²) in [6.45, 7) is 0.999. The molecule has 0 bridgehead atoms. The zero-order valence-corrected chi connectivity index (χ0v) is 14.5. The summed E-state index contributed by atoms with van der Waals surface area (Å²) in [6.07, 6.45) is 2.11. The first-order chi connectivity index (χ1) is 12.6. The molecule has 26 heavy (non-hydrogen) atoms. The van der Waals surface area contributed by atoms with Gasteiger partial charge in [-0.1, -0.05) is 30.3 Å². The second-order valence-electron chi connectivity index (χ2n) is 5.97. The largest absolute Gasteiger partial charge is 0.444 e. The Morgan fingerprint density at radius 1 is 1.15 bits per heavy atom. The van der Waals surface area contributed by atoms with Gasteiger partial charge in [0.25, 0.3) is 0 Å². The molecule has 0 spiro atoms. The van der Waals surface area contributed by atoms with Crippen molar-refractivity contribution >= 4 is 6.03 Å².